The third-order valence-corrected chi connectivity index (χ3v) is 3.89. The zero-order valence-electron chi connectivity index (χ0n) is 14.6. The van der Waals surface area contributed by atoms with Crippen LogP contribution < -0.4 is 10.6 Å². The Balaban J connectivity index is 0.00000243. The van der Waals surface area contributed by atoms with Gasteiger partial charge in [-0.1, -0.05) is 6.07 Å². The average molecular weight is 467 g/mol. The normalized spacial score (nSPS) is 11.2. The summed E-state index contributed by atoms with van der Waals surface area (Å²) in [4.78, 5) is 11.9. The number of hydrogen-bond donors (Lipinski definition) is 3. The van der Waals surface area contributed by atoms with Crippen LogP contribution in [0.2, 0.25) is 0 Å². The average Bonchev–Trinajstić information content (AvgIpc) is 3.02. The van der Waals surface area contributed by atoms with Crippen LogP contribution in [0.5, 0.6) is 0 Å². The quantitative estimate of drug-likeness (QED) is 0.295. The summed E-state index contributed by atoms with van der Waals surface area (Å²) >= 11 is 0. The van der Waals surface area contributed by atoms with Gasteiger partial charge in [0.2, 0.25) is 0 Å². The molecule has 3 rings (SSSR count). The van der Waals surface area contributed by atoms with Crippen molar-refractivity contribution in [1.82, 2.24) is 20.6 Å². The number of guanidine groups is 1. The number of fused-ring (bicyclic) bond motifs is 1. The molecule has 0 radical (unpaired) electrons. The van der Waals surface area contributed by atoms with E-state index in [-0.39, 0.29) is 29.8 Å². The molecule has 0 saturated heterocycles. The van der Waals surface area contributed by atoms with Crippen LogP contribution in [0.25, 0.3) is 10.9 Å². The van der Waals surface area contributed by atoms with Crippen molar-refractivity contribution >= 4 is 40.8 Å². The molecule has 0 atom stereocenters. The largest absolute Gasteiger partial charge is 0.361 e. The predicted molar refractivity (Wildman–Crippen MR) is 114 cm³/mol. The number of aromatic amines is 1. The molecule has 5 nitrogen and oxygen atoms in total. The lowest BCUT2D eigenvalue weighted by molar-refractivity contribution is 0.629. The predicted octanol–water partition coefficient (Wildman–Crippen LogP) is 3.62. The Kier molecular flexibility index (Phi) is 7.83. The van der Waals surface area contributed by atoms with Crippen molar-refractivity contribution in [1.29, 1.82) is 0 Å². The molecule has 138 valence electrons. The lowest BCUT2D eigenvalue weighted by atomic mass is 10.1. The summed E-state index contributed by atoms with van der Waals surface area (Å²) < 4.78 is 13.3. The lowest BCUT2D eigenvalue weighted by Gasteiger charge is -2.11. The topological polar surface area (TPSA) is 65.1 Å². The maximum absolute atomic E-state index is 13.3. The Morgan fingerprint density at radius 2 is 2.12 bits per heavy atom. The number of halogens is 2. The molecule has 0 spiro atoms. The smallest absolute Gasteiger partial charge is 0.191 e. The molecule has 2 heterocycles. The van der Waals surface area contributed by atoms with Crippen molar-refractivity contribution < 1.29 is 4.39 Å². The lowest BCUT2D eigenvalue weighted by Crippen LogP contribution is -2.38. The Hall–Kier alpha value is -2.16. The monoisotopic (exact) mass is 467 g/mol. The second-order valence-corrected chi connectivity index (χ2v) is 5.70. The first-order chi connectivity index (χ1) is 12.3. The van der Waals surface area contributed by atoms with E-state index < -0.39 is 0 Å². The molecular formula is C19H23FIN5. The molecule has 0 aliphatic heterocycles. The fraction of sp³-hybridized carbons (Fsp3) is 0.263. The molecule has 7 heteroatoms. The highest BCUT2D eigenvalue weighted by atomic mass is 127. The van der Waals surface area contributed by atoms with Gasteiger partial charge in [-0.15, -0.1) is 24.0 Å². The van der Waals surface area contributed by atoms with Gasteiger partial charge in [-0.3, -0.25) is 4.98 Å². The van der Waals surface area contributed by atoms with Gasteiger partial charge in [-0.2, -0.15) is 0 Å². The molecule has 2 aromatic heterocycles. The van der Waals surface area contributed by atoms with E-state index in [0.717, 1.165) is 47.6 Å². The molecule has 0 aliphatic rings. The third-order valence-electron chi connectivity index (χ3n) is 3.89. The molecule has 3 aromatic rings. The third kappa shape index (κ3) is 5.42. The first kappa shape index (κ1) is 20.2. The maximum Gasteiger partial charge on any atom is 0.191 e. The van der Waals surface area contributed by atoms with Gasteiger partial charge in [-0.05, 0) is 49.2 Å². The van der Waals surface area contributed by atoms with Crippen LogP contribution in [-0.2, 0) is 13.0 Å². The van der Waals surface area contributed by atoms with Crippen LogP contribution in [0.15, 0.2) is 53.8 Å². The summed E-state index contributed by atoms with van der Waals surface area (Å²) in [6.07, 6.45) is 4.52. The maximum atomic E-state index is 13.3. The molecule has 0 bridgehead atoms. The second-order valence-electron chi connectivity index (χ2n) is 5.70. The van der Waals surface area contributed by atoms with E-state index >= 15 is 0 Å². The van der Waals surface area contributed by atoms with Gasteiger partial charge in [-0.25, -0.2) is 9.38 Å². The van der Waals surface area contributed by atoms with Crippen molar-refractivity contribution in [2.75, 3.05) is 13.1 Å². The van der Waals surface area contributed by atoms with Crippen molar-refractivity contribution in [2.24, 2.45) is 4.99 Å². The highest BCUT2D eigenvalue weighted by Crippen LogP contribution is 2.19. The van der Waals surface area contributed by atoms with Crippen LogP contribution in [0.1, 0.15) is 18.2 Å². The number of aliphatic imine (C=N–C) groups is 1. The molecule has 0 aliphatic carbocycles. The summed E-state index contributed by atoms with van der Waals surface area (Å²) in [6.45, 7) is 4.09. The van der Waals surface area contributed by atoms with Crippen LogP contribution in [0, 0.1) is 5.82 Å². The highest BCUT2D eigenvalue weighted by Gasteiger charge is 2.05. The Bertz CT molecular complexity index is 848. The minimum Gasteiger partial charge on any atom is -0.361 e. The van der Waals surface area contributed by atoms with Gasteiger partial charge in [0.05, 0.1) is 12.2 Å². The van der Waals surface area contributed by atoms with Crippen LogP contribution in [0.3, 0.4) is 0 Å². The number of nitrogens with one attached hydrogen (secondary N) is 3. The van der Waals surface area contributed by atoms with E-state index in [1.165, 1.54) is 12.1 Å². The van der Waals surface area contributed by atoms with Gasteiger partial charge in [0.1, 0.15) is 5.82 Å². The minimum absolute atomic E-state index is 0. The number of hydrogen-bond acceptors (Lipinski definition) is 2. The van der Waals surface area contributed by atoms with Gasteiger partial charge in [0.25, 0.3) is 0 Å². The number of benzene rings is 1. The standard InChI is InChI=1S/C19H22FN5.HI/c1-2-21-19(25-13-16-5-3-4-9-22-16)23-10-8-14-12-24-18-11-15(20)6-7-17(14)18;/h3-7,9,11-12,24H,2,8,10,13H2,1H3,(H2,21,23,25);1H. The number of aromatic nitrogens is 2. The summed E-state index contributed by atoms with van der Waals surface area (Å²) in [5.74, 6) is 0.536. The molecule has 0 amide bonds. The molecule has 3 N–H and O–H groups in total. The fourth-order valence-electron chi connectivity index (χ4n) is 2.67. The number of rotatable bonds is 6. The van der Waals surface area contributed by atoms with Gasteiger partial charge >= 0.3 is 0 Å². The van der Waals surface area contributed by atoms with E-state index in [4.69, 9.17) is 0 Å². The molecule has 0 saturated carbocycles. The van der Waals surface area contributed by atoms with Crippen molar-refractivity contribution in [3.05, 3.63) is 65.9 Å². The molecule has 0 unspecified atom stereocenters. The van der Waals surface area contributed by atoms with E-state index in [1.54, 1.807) is 6.20 Å². The zero-order chi connectivity index (χ0) is 17.5. The highest BCUT2D eigenvalue weighted by molar-refractivity contribution is 14.0. The number of H-pyrrole nitrogens is 1. The first-order valence-electron chi connectivity index (χ1n) is 8.44. The molecule has 1 aromatic carbocycles. The Labute approximate surface area is 169 Å². The molecule has 0 fully saturated rings. The summed E-state index contributed by atoms with van der Waals surface area (Å²) in [5.41, 5.74) is 2.91. The fourth-order valence-corrected chi connectivity index (χ4v) is 2.67. The van der Waals surface area contributed by atoms with Gasteiger partial charge < -0.3 is 15.6 Å². The minimum atomic E-state index is -0.227. The van der Waals surface area contributed by atoms with E-state index in [2.05, 4.69) is 25.6 Å². The Morgan fingerprint density at radius 3 is 2.88 bits per heavy atom. The summed E-state index contributed by atoms with van der Waals surface area (Å²) in [6, 6.07) is 10.6. The van der Waals surface area contributed by atoms with Crippen molar-refractivity contribution in [3.8, 4) is 0 Å². The van der Waals surface area contributed by atoms with Gasteiger partial charge in [0, 0.05) is 36.4 Å². The van der Waals surface area contributed by atoms with Crippen LogP contribution >= 0.6 is 24.0 Å². The molecule has 26 heavy (non-hydrogen) atoms. The number of nitrogens with zero attached hydrogens (tertiary/aromatic N) is 2. The second kappa shape index (κ2) is 10.1. The zero-order valence-corrected chi connectivity index (χ0v) is 17.0. The van der Waals surface area contributed by atoms with Crippen molar-refractivity contribution in [3.63, 3.8) is 0 Å². The number of pyridine rings is 1. The summed E-state index contributed by atoms with van der Waals surface area (Å²) in [7, 11) is 0. The van der Waals surface area contributed by atoms with E-state index in [1.807, 2.05) is 37.4 Å². The summed E-state index contributed by atoms with van der Waals surface area (Å²) in [5, 5.41) is 7.61. The van der Waals surface area contributed by atoms with Crippen molar-refractivity contribution in [2.45, 2.75) is 19.9 Å². The SMILES string of the molecule is CCNC(=NCc1ccccn1)NCCc1c[nH]c2cc(F)ccc12.I. The molecular weight excluding hydrogens is 444 g/mol. The first-order valence-corrected chi connectivity index (χ1v) is 8.44. The Morgan fingerprint density at radius 1 is 1.23 bits per heavy atom. The van der Waals surface area contributed by atoms with Gasteiger partial charge in [0.15, 0.2) is 5.96 Å². The van der Waals surface area contributed by atoms with E-state index in [9.17, 15) is 4.39 Å². The van der Waals surface area contributed by atoms with Crippen LogP contribution in [-0.4, -0.2) is 29.0 Å². The van der Waals surface area contributed by atoms with Crippen LogP contribution in [0.4, 0.5) is 4.39 Å². The van der Waals surface area contributed by atoms with E-state index in [0.29, 0.717) is 6.54 Å².